The van der Waals surface area contributed by atoms with Crippen molar-refractivity contribution >= 4 is 46.0 Å². The predicted octanol–water partition coefficient (Wildman–Crippen LogP) is 4.70. The van der Waals surface area contributed by atoms with E-state index in [1.54, 1.807) is 6.07 Å². The van der Waals surface area contributed by atoms with E-state index in [1.807, 2.05) is 54.6 Å². The van der Waals surface area contributed by atoms with Gasteiger partial charge >= 0.3 is 0 Å². The summed E-state index contributed by atoms with van der Waals surface area (Å²) >= 11 is 11.9. The predicted molar refractivity (Wildman–Crippen MR) is 126 cm³/mol. The molecule has 0 aliphatic carbocycles. The van der Waals surface area contributed by atoms with E-state index in [0.717, 1.165) is 16.6 Å². The number of nitrogens with zero attached hydrogens (tertiary/aromatic N) is 1. The fourth-order valence-corrected chi connectivity index (χ4v) is 3.87. The maximum absolute atomic E-state index is 12.7. The molecule has 32 heavy (non-hydrogen) atoms. The van der Waals surface area contributed by atoms with Crippen LogP contribution < -0.4 is 10.6 Å². The van der Waals surface area contributed by atoms with Crippen molar-refractivity contribution in [2.24, 2.45) is 0 Å². The lowest BCUT2D eigenvalue weighted by atomic mass is 10.1. The van der Waals surface area contributed by atoms with E-state index >= 15 is 0 Å². The van der Waals surface area contributed by atoms with Crippen molar-refractivity contribution in [2.45, 2.75) is 12.5 Å². The summed E-state index contributed by atoms with van der Waals surface area (Å²) in [5.74, 6) is -0.148. The highest BCUT2D eigenvalue weighted by Gasteiger charge is 2.20. The molecule has 1 atom stereocenters. The summed E-state index contributed by atoms with van der Waals surface area (Å²) in [5, 5.41) is 6.22. The van der Waals surface area contributed by atoms with Crippen LogP contribution in [0.25, 0.3) is 11.0 Å². The molecule has 4 aromatic rings. The van der Waals surface area contributed by atoms with Crippen LogP contribution in [0.5, 0.6) is 0 Å². The summed E-state index contributed by atoms with van der Waals surface area (Å²) in [5.41, 5.74) is 3.01. The summed E-state index contributed by atoms with van der Waals surface area (Å²) in [6.07, 6.45) is 0.545. The van der Waals surface area contributed by atoms with E-state index in [2.05, 4.69) is 20.6 Å². The molecule has 2 amide bonds. The van der Waals surface area contributed by atoms with Crippen molar-refractivity contribution in [2.75, 3.05) is 6.54 Å². The fraction of sp³-hybridized carbons (Fsp3) is 0.125. The number of rotatable bonds is 7. The van der Waals surface area contributed by atoms with Gasteiger partial charge in [0.15, 0.2) is 0 Å². The zero-order valence-corrected chi connectivity index (χ0v) is 18.5. The third-order valence-corrected chi connectivity index (χ3v) is 5.49. The second kappa shape index (κ2) is 9.85. The molecule has 0 unspecified atom stereocenters. The number of fused-ring (bicyclic) bond motifs is 1. The van der Waals surface area contributed by atoms with Crippen LogP contribution in [0.1, 0.15) is 27.8 Å². The number of halogens is 2. The third-order valence-electron chi connectivity index (χ3n) is 4.94. The fourth-order valence-electron chi connectivity index (χ4n) is 3.38. The van der Waals surface area contributed by atoms with E-state index in [9.17, 15) is 9.59 Å². The first kappa shape index (κ1) is 21.9. The van der Waals surface area contributed by atoms with Gasteiger partial charge in [0, 0.05) is 5.02 Å². The molecule has 8 heteroatoms. The van der Waals surface area contributed by atoms with Crippen molar-refractivity contribution < 1.29 is 9.59 Å². The Morgan fingerprint density at radius 1 is 0.969 bits per heavy atom. The Kier molecular flexibility index (Phi) is 6.73. The third kappa shape index (κ3) is 5.28. The summed E-state index contributed by atoms with van der Waals surface area (Å²) in [6, 6.07) is 21.7. The van der Waals surface area contributed by atoms with Gasteiger partial charge in [-0.15, -0.1) is 0 Å². The Balaban J connectivity index is 1.47. The highest BCUT2D eigenvalue weighted by Crippen LogP contribution is 2.21. The van der Waals surface area contributed by atoms with Gasteiger partial charge in [-0.3, -0.25) is 9.59 Å². The van der Waals surface area contributed by atoms with Crippen molar-refractivity contribution in [3.63, 3.8) is 0 Å². The zero-order valence-electron chi connectivity index (χ0n) is 16.9. The quantitative estimate of drug-likeness (QED) is 0.368. The molecule has 0 aliphatic rings. The van der Waals surface area contributed by atoms with Gasteiger partial charge in [0.2, 0.25) is 5.91 Å². The van der Waals surface area contributed by atoms with Gasteiger partial charge in [-0.2, -0.15) is 0 Å². The van der Waals surface area contributed by atoms with Crippen LogP contribution in [-0.2, 0) is 11.2 Å². The lowest BCUT2D eigenvalue weighted by molar-refractivity contribution is -0.120. The highest BCUT2D eigenvalue weighted by molar-refractivity contribution is 6.36. The largest absolute Gasteiger partial charge is 0.344 e. The van der Waals surface area contributed by atoms with Gasteiger partial charge < -0.3 is 15.6 Å². The molecule has 0 fully saturated rings. The Bertz CT molecular complexity index is 1220. The first-order valence-electron chi connectivity index (χ1n) is 10.0. The summed E-state index contributed by atoms with van der Waals surface area (Å²) < 4.78 is 0. The Hall–Kier alpha value is -3.35. The highest BCUT2D eigenvalue weighted by atomic mass is 35.5. The topological polar surface area (TPSA) is 86.9 Å². The number of amides is 2. The monoisotopic (exact) mass is 466 g/mol. The molecule has 162 valence electrons. The molecule has 0 bridgehead atoms. The van der Waals surface area contributed by atoms with Gasteiger partial charge in [0.05, 0.1) is 34.2 Å². The number of aromatic nitrogens is 2. The number of imidazole rings is 1. The SMILES string of the molecule is O=C(CNC(=O)c1ccc(Cl)cc1Cl)N[C@@H](Cc1ccccc1)c1nc2ccccc2[nH]1. The maximum atomic E-state index is 12.7. The molecule has 0 radical (unpaired) electrons. The molecule has 0 spiro atoms. The van der Waals surface area contributed by atoms with Crippen molar-refractivity contribution in [3.8, 4) is 0 Å². The minimum atomic E-state index is -0.454. The van der Waals surface area contributed by atoms with Crippen molar-refractivity contribution in [1.29, 1.82) is 0 Å². The standard InChI is InChI=1S/C24H20Cl2N4O2/c25-16-10-11-17(18(26)13-16)24(32)27-14-22(31)28-21(12-15-6-2-1-3-7-15)23-29-19-8-4-5-9-20(19)30-23/h1-11,13,21H,12,14H2,(H,27,32)(H,28,31)(H,29,30)/t21-/m0/s1. The average Bonchev–Trinajstić information content (AvgIpc) is 3.22. The number of nitrogens with one attached hydrogen (secondary N) is 3. The number of benzene rings is 3. The van der Waals surface area contributed by atoms with Crippen LogP contribution in [0.4, 0.5) is 0 Å². The molecule has 3 aromatic carbocycles. The lowest BCUT2D eigenvalue weighted by Gasteiger charge is -2.17. The first-order chi connectivity index (χ1) is 15.5. The number of hydrogen-bond donors (Lipinski definition) is 3. The van der Waals surface area contributed by atoms with Crippen molar-refractivity contribution in [3.05, 3.63) is 99.8 Å². The average molecular weight is 467 g/mol. The molecular weight excluding hydrogens is 447 g/mol. The number of carbonyl (C=O) groups is 2. The van der Waals surface area contributed by atoms with E-state index in [4.69, 9.17) is 23.2 Å². The van der Waals surface area contributed by atoms with Gasteiger partial charge in [0.1, 0.15) is 5.82 Å². The van der Waals surface area contributed by atoms with Gasteiger partial charge in [-0.25, -0.2) is 4.98 Å². The molecule has 0 saturated heterocycles. The number of aromatic amines is 1. The van der Waals surface area contributed by atoms with Crippen molar-refractivity contribution in [1.82, 2.24) is 20.6 Å². The van der Waals surface area contributed by atoms with Crippen LogP contribution in [0, 0.1) is 0 Å². The van der Waals surface area contributed by atoms with E-state index in [0.29, 0.717) is 17.3 Å². The van der Waals surface area contributed by atoms with Gasteiger partial charge in [-0.1, -0.05) is 65.7 Å². The maximum Gasteiger partial charge on any atom is 0.253 e. The number of carbonyl (C=O) groups excluding carboxylic acids is 2. The van der Waals surface area contributed by atoms with E-state index in [-0.39, 0.29) is 23.0 Å². The van der Waals surface area contributed by atoms with Gasteiger partial charge in [0.25, 0.3) is 5.91 Å². The Morgan fingerprint density at radius 2 is 1.72 bits per heavy atom. The zero-order chi connectivity index (χ0) is 22.5. The second-order valence-corrected chi connectivity index (χ2v) is 8.10. The van der Waals surface area contributed by atoms with Crippen LogP contribution in [0.2, 0.25) is 10.0 Å². The summed E-state index contributed by atoms with van der Waals surface area (Å²) in [4.78, 5) is 33.0. The molecule has 1 aromatic heterocycles. The van der Waals surface area contributed by atoms with Crippen LogP contribution in [-0.4, -0.2) is 28.3 Å². The molecule has 0 saturated carbocycles. The number of H-pyrrole nitrogens is 1. The van der Waals surface area contributed by atoms with Crippen LogP contribution >= 0.6 is 23.2 Å². The summed E-state index contributed by atoms with van der Waals surface area (Å²) in [7, 11) is 0. The Labute approximate surface area is 195 Å². The Morgan fingerprint density at radius 3 is 2.47 bits per heavy atom. The lowest BCUT2D eigenvalue weighted by Crippen LogP contribution is -2.39. The molecule has 0 aliphatic heterocycles. The van der Waals surface area contributed by atoms with Gasteiger partial charge in [-0.05, 0) is 42.3 Å². The number of para-hydroxylation sites is 2. The minimum absolute atomic E-state index is 0.205. The van der Waals surface area contributed by atoms with E-state index in [1.165, 1.54) is 12.1 Å². The van der Waals surface area contributed by atoms with Crippen LogP contribution in [0.15, 0.2) is 72.8 Å². The molecule has 1 heterocycles. The second-order valence-electron chi connectivity index (χ2n) is 7.26. The van der Waals surface area contributed by atoms with E-state index < -0.39 is 11.9 Å². The molecule has 6 nitrogen and oxygen atoms in total. The summed E-state index contributed by atoms with van der Waals surface area (Å²) in [6.45, 7) is -0.205. The molecular formula is C24H20Cl2N4O2. The number of hydrogen-bond acceptors (Lipinski definition) is 3. The molecule has 3 N–H and O–H groups in total. The smallest absolute Gasteiger partial charge is 0.253 e. The minimum Gasteiger partial charge on any atom is -0.344 e. The van der Waals surface area contributed by atoms with Crippen LogP contribution in [0.3, 0.4) is 0 Å². The normalized spacial score (nSPS) is 11.8. The molecule has 4 rings (SSSR count). The first-order valence-corrected chi connectivity index (χ1v) is 10.8.